The lowest BCUT2D eigenvalue weighted by Crippen LogP contribution is -2.59. The number of nitrogens with one attached hydrogen (secondary N) is 2. The Balaban J connectivity index is 1.80. The highest BCUT2D eigenvalue weighted by atomic mass is 32.1. The lowest BCUT2D eigenvalue weighted by atomic mass is 9.89. The topological polar surface area (TPSA) is 91.4 Å². The molecular weight excluding hydrogens is 268 g/mol. The molecule has 1 aromatic heterocycles. The molecular formula is C11H12N4O3S. The first-order valence-electron chi connectivity index (χ1n) is 5.92. The van der Waals surface area contributed by atoms with Crippen LogP contribution in [0.4, 0.5) is 4.79 Å². The number of piperidine rings is 1. The molecule has 7 nitrogen and oxygen atoms in total. The van der Waals surface area contributed by atoms with Gasteiger partial charge in [0.25, 0.3) is 11.8 Å². The molecule has 2 aliphatic heterocycles. The second-order valence-electron chi connectivity index (χ2n) is 4.69. The standard InChI is InChI=1S/C11H12N4O3S/c16-8(7-4-19-6-12-7)15-3-1-2-11(5-15)9(17)13-10(18)14-11/h4,6H,1-3,5H2,(H2,13,14,17,18). The molecule has 19 heavy (non-hydrogen) atoms. The van der Waals surface area contributed by atoms with Crippen molar-refractivity contribution >= 4 is 29.2 Å². The summed E-state index contributed by atoms with van der Waals surface area (Å²) in [6.07, 6.45) is 1.22. The summed E-state index contributed by atoms with van der Waals surface area (Å²) in [6, 6.07) is -0.493. The second-order valence-corrected chi connectivity index (χ2v) is 5.41. The van der Waals surface area contributed by atoms with Crippen LogP contribution in [0.25, 0.3) is 0 Å². The molecule has 0 aliphatic carbocycles. The van der Waals surface area contributed by atoms with E-state index >= 15 is 0 Å². The lowest BCUT2D eigenvalue weighted by molar-refractivity contribution is -0.125. The molecule has 8 heteroatoms. The van der Waals surface area contributed by atoms with E-state index in [4.69, 9.17) is 0 Å². The highest BCUT2D eigenvalue weighted by Crippen LogP contribution is 2.25. The number of rotatable bonds is 1. The summed E-state index contributed by atoms with van der Waals surface area (Å²) < 4.78 is 0. The first kappa shape index (κ1) is 12.1. The Morgan fingerprint density at radius 3 is 2.95 bits per heavy atom. The van der Waals surface area contributed by atoms with Crippen LogP contribution < -0.4 is 10.6 Å². The number of hydrogen-bond acceptors (Lipinski definition) is 5. The Hall–Kier alpha value is -1.96. The number of amides is 4. The number of likely N-dealkylation sites (tertiary alicyclic amines) is 1. The molecule has 3 heterocycles. The molecule has 2 saturated heterocycles. The second kappa shape index (κ2) is 4.30. The van der Waals surface area contributed by atoms with Gasteiger partial charge in [-0.25, -0.2) is 9.78 Å². The van der Waals surface area contributed by atoms with E-state index < -0.39 is 11.6 Å². The van der Waals surface area contributed by atoms with Crippen molar-refractivity contribution in [1.82, 2.24) is 20.5 Å². The molecule has 2 N–H and O–H groups in total. The maximum Gasteiger partial charge on any atom is 0.322 e. The molecule has 2 fully saturated rings. The number of thiazole rings is 1. The highest BCUT2D eigenvalue weighted by molar-refractivity contribution is 7.07. The smallest absolute Gasteiger partial charge is 0.322 e. The van der Waals surface area contributed by atoms with Crippen molar-refractivity contribution in [2.75, 3.05) is 13.1 Å². The summed E-state index contributed by atoms with van der Waals surface area (Å²) in [6.45, 7) is 0.766. The number of carbonyl (C=O) groups excluding carboxylic acids is 3. The Morgan fingerprint density at radius 2 is 2.32 bits per heavy atom. The average Bonchev–Trinajstić information content (AvgIpc) is 2.99. The van der Waals surface area contributed by atoms with Gasteiger partial charge in [0, 0.05) is 11.9 Å². The summed E-state index contributed by atoms with van der Waals surface area (Å²) in [7, 11) is 0. The van der Waals surface area contributed by atoms with Crippen molar-refractivity contribution in [1.29, 1.82) is 0 Å². The zero-order valence-electron chi connectivity index (χ0n) is 10.0. The van der Waals surface area contributed by atoms with Crippen molar-refractivity contribution in [3.8, 4) is 0 Å². The molecule has 2 aliphatic rings. The van der Waals surface area contributed by atoms with Gasteiger partial charge in [0.2, 0.25) is 0 Å². The van der Waals surface area contributed by atoms with Crippen molar-refractivity contribution in [3.05, 3.63) is 16.6 Å². The van der Waals surface area contributed by atoms with Gasteiger partial charge in [-0.15, -0.1) is 11.3 Å². The van der Waals surface area contributed by atoms with E-state index in [1.54, 1.807) is 15.8 Å². The van der Waals surface area contributed by atoms with Crippen LogP contribution in [0.5, 0.6) is 0 Å². The summed E-state index contributed by atoms with van der Waals surface area (Å²) in [5.41, 5.74) is 1.00. The monoisotopic (exact) mass is 280 g/mol. The van der Waals surface area contributed by atoms with E-state index in [0.29, 0.717) is 25.1 Å². The van der Waals surface area contributed by atoms with E-state index in [-0.39, 0.29) is 18.4 Å². The third kappa shape index (κ3) is 1.97. The van der Waals surface area contributed by atoms with Gasteiger partial charge < -0.3 is 10.2 Å². The Bertz CT molecular complexity index is 544. The van der Waals surface area contributed by atoms with Crippen molar-refractivity contribution in [3.63, 3.8) is 0 Å². The summed E-state index contributed by atoms with van der Waals surface area (Å²) in [5, 5.41) is 6.55. The van der Waals surface area contributed by atoms with E-state index in [1.165, 1.54) is 11.3 Å². The fraction of sp³-hybridized carbons (Fsp3) is 0.455. The van der Waals surface area contributed by atoms with Gasteiger partial charge in [0.15, 0.2) is 0 Å². The van der Waals surface area contributed by atoms with Crippen molar-refractivity contribution < 1.29 is 14.4 Å². The van der Waals surface area contributed by atoms with Crippen molar-refractivity contribution in [2.45, 2.75) is 18.4 Å². The molecule has 0 saturated carbocycles. The predicted molar refractivity (Wildman–Crippen MR) is 66.7 cm³/mol. The summed E-state index contributed by atoms with van der Waals surface area (Å²) in [5.74, 6) is -0.553. The first-order valence-corrected chi connectivity index (χ1v) is 6.86. The lowest BCUT2D eigenvalue weighted by Gasteiger charge is -2.37. The highest BCUT2D eigenvalue weighted by Gasteiger charge is 2.49. The van der Waals surface area contributed by atoms with Crippen LogP contribution in [0.2, 0.25) is 0 Å². The molecule has 1 aromatic rings. The van der Waals surface area contributed by atoms with E-state index in [1.807, 2.05) is 0 Å². The molecule has 100 valence electrons. The first-order chi connectivity index (χ1) is 9.11. The van der Waals surface area contributed by atoms with Gasteiger partial charge in [-0.2, -0.15) is 0 Å². The Morgan fingerprint density at radius 1 is 1.47 bits per heavy atom. The zero-order valence-corrected chi connectivity index (χ0v) is 10.8. The predicted octanol–water partition coefficient (Wildman–Crippen LogP) is -0.0427. The van der Waals surface area contributed by atoms with Crippen LogP contribution in [-0.4, -0.2) is 46.4 Å². The van der Waals surface area contributed by atoms with Crippen LogP contribution in [0.15, 0.2) is 10.9 Å². The average molecular weight is 280 g/mol. The van der Waals surface area contributed by atoms with Gasteiger partial charge in [0.1, 0.15) is 11.2 Å². The van der Waals surface area contributed by atoms with Crippen molar-refractivity contribution in [2.24, 2.45) is 0 Å². The fourth-order valence-corrected chi connectivity index (χ4v) is 3.05. The van der Waals surface area contributed by atoms with Gasteiger partial charge in [-0.05, 0) is 12.8 Å². The van der Waals surface area contributed by atoms with Gasteiger partial charge in [-0.1, -0.05) is 0 Å². The normalized spacial score (nSPS) is 26.4. The summed E-state index contributed by atoms with van der Waals surface area (Å²) in [4.78, 5) is 40.9. The van der Waals surface area contributed by atoms with Crippen LogP contribution in [-0.2, 0) is 4.79 Å². The quantitative estimate of drug-likeness (QED) is 0.706. The molecule has 0 bridgehead atoms. The van der Waals surface area contributed by atoms with Crippen LogP contribution in [0.1, 0.15) is 23.3 Å². The minimum Gasteiger partial charge on any atom is -0.334 e. The number of hydrogen-bond donors (Lipinski definition) is 2. The van der Waals surface area contributed by atoms with Crippen LogP contribution >= 0.6 is 11.3 Å². The minimum absolute atomic E-state index is 0.195. The van der Waals surface area contributed by atoms with E-state index in [9.17, 15) is 14.4 Å². The Labute approximate surface area is 113 Å². The van der Waals surface area contributed by atoms with E-state index in [2.05, 4.69) is 15.6 Å². The SMILES string of the molecule is O=C1NC(=O)C2(CCCN(C(=O)c3cscn3)C2)N1. The fourth-order valence-electron chi connectivity index (χ4n) is 2.52. The number of nitrogens with zero attached hydrogens (tertiary/aromatic N) is 2. The third-order valence-corrected chi connectivity index (χ3v) is 4.03. The molecule has 4 amide bonds. The maximum absolute atomic E-state index is 12.2. The largest absolute Gasteiger partial charge is 0.334 e. The molecule has 0 aromatic carbocycles. The zero-order chi connectivity index (χ0) is 13.5. The van der Waals surface area contributed by atoms with Crippen LogP contribution in [0, 0.1) is 0 Å². The van der Waals surface area contributed by atoms with Crippen LogP contribution in [0.3, 0.4) is 0 Å². The Kier molecular flexibility index (Phi) is 2.74. The molecule has 1 atom stereocenters. The van der Waals surface area contributed by atoms with E-state index in [0.717, 1.165) is 0 Å². The molecule has 1 spiro atoms. The van der Waals surface area contributed by atoms with Gasteiger partial charge in [-0.3, -0.25) is 14.9 Å². The summed E-state index contributed by atoms with van der Waals surface area (Å²) >= 11 is 1.35. The molecule has 0 radical (unpaired) electrons. The minimum atomic E-state index is -0.971. The number of imide groups is 1. The molecule has 3 rings (SSSR count). The number of urea groups is 1. The van der Waals surface area contributed by atoms with Gasteiger partial charge >= 0.3 is 6.03 Å². The number of aromatic nitrogens is 1. The maximum atomic E-state index is 12.2. The molecule has 1 unspecified atom stereocenters. The van der Waals surface area contributed by atoms with Gasteiger partial charge in [0.05, 0.1) is 12.1 Å². The third-order valence-electron chi connectivity index (χ3n) is 3.45. The number of carbonyl (C=O) groups is 3.